The normalized spacial score (nSPS) is 17.9. The highest BCUT2D eigenvalue weighted by Crippen LogP contribution is 2.30. The van der Waals surface area contributed by atoms with Crippen molar-refractivity contribution in [3.05, 3.63) is 41.1 Å². The molecule has 1 aromatic carbocycles. The lowest BCUT2D eigenvalue weighted by Gasteiger charge is -2.31. The standard InChI is InChI=1S/C18H25N3O2S/c1-11-14(16(22)23-18(2,3)4)15(20-17(24)19-11)12-7-9-13(10-8-12)21(5)6/h7-10,15H,1-6H3,(H2,19,20,24). The number of hydrogen-bond donors (Lipinski definition) is 2. The molecule has 2 rings (SSSR count). The minimum atomic E-state index is -0.554. The van der Waals surface area contributed by atoms with Crippen LogP contribution in [0.5, 0.6) is 0 Å². The SMILES string of the molecule is CC1=C(C(=O)OC(C)(C)C)C(c2ccc(N(C)C)cc2)NC(=S)N1. The number of ether oxygens (including phenoxy) is 1. The number of esters is 1. The number of hydrogen-bond acceptors (Lipinski definition) is 4. The van der Waals surface area contributed by atoms with Crippen molar-refractivity contribution < 1.29 is 9.53 Å². The Hall–Kier alpha value is -2.08. The van der Waals surface area contributed by atoms with E-state index in [1.165, 1.54) is 0 Å². The maximum atomic E-state index is 12.7. The summed E-state index contributed by atoms with van der Waals surface area (Å²) >= 11 is 5.26. The Morgan fingerprint density at radius 1 is 1.21 bits per heavy atom. The van der Waals surface area contributed by atoms with Crippen molar-refractivity contribution >= 4 is 29.0 Å². The van der Waals surface area contributed by atoms with Gasteiger partial charge in [0.15, 0.2) is 5.11 Å². The molecular formula is C18H25N3O2S. The molecule has 1 aliphatic rings. The summed E-state index contributed by atoms with van der Waals surface area (Å²) in [6.45, 7) is 7.41. The summed E-state index contributed by atoms with van der Waals surface area (Å²) in [5.41, 5.74) is 2.77. The second kappa shape index (κ2) is 6.81. The van der Waals surface area contributed by atoms with E-state index in [-0.39, 0.29) is 12.0 Å². The van der Waals surface area contributed by atoms with Crippen LogP contribution in [0.4, 0.5) is 5.69 Å². The first kappa shape index (κ1) is 18.3. The summed E-state index contributed by atoms with van der Waals surface area (Å²) in [6.07, 6.45) is 0. The molecule has 0 bridgehead atoms. The molecule has 1 aliphatic heterocycles. The predicted molar refractivity (Wildman–Crippen MR) is 101 cm³/mol. The molecule has 2 N–H and O–H groups in total. The minimum Gasteiger partial charge on any atom is -0.456 e. The Labute approximate surface area is 149 Å². The van der Waals surface area contributed by atoms with Crippen molar-refractivity contribution in [3.8, 4) is 0 Å². The first-order valence-electron chi connectivity index (χ1n) is 7.87. The first-order valence-corrected chi connectivity index (χ1v) is 8.28. The molecule has 0 saturated heterocycles. The number of carbonyl (C=O) groups is 1. The average Bonchev–Trinajstić information content (AvgIpc) is 2.44. The molecule has 130 valence electrons. The molecule has 0 amide bonds. The number of nitrogens with zero attached hydrogens (tertiary/aromatic N) is 1. The van der Waals surface area contributed by atoms with Crippen molar-refractivity contribution in [1.29, 1.82) is 0 Å². The van der Waals surface area contributed by atoms with Crippen LogP contribution >= 0.6 is 12.2 Å². The van der Waals surface area contributed by atoms with Crippen LogP contribution in [0.2, 0.25) is 0 Å². The largest absolute Gasteiger partial charge is 0.456 e. The van der Waals surface area contributed by atoms with E-state index in [4.69, 9.17) is 17.0 Å². The van der Waals surface area contributed by atoms with Crippen molar-refractivity contribution in [1.82, 2.24) is 10.6 Å². The molecule has 1 atom stereocenters. The van der Waals surface area contributed by atoms with Crippen molar-refractivity contribution in [3.63, 3.8) is 0 Å². The first-order chi connectivity index (χ1) is 11.1. The number of rotatable bonds is 3. The van der Waals surface area contributed by atoms with Gasteiger partial charge in [-0.1, -0.05) is 12.1 Å². The molecule has 0 saturated carbocycles. The van der Waals surface area contributed by atoms with E-state index in [9.17, 15) is 4.79 Å². The lowest BCUT2D eigenvalue weighted by atomic mass is 9.95. The Morgan fingerprint density at radius 3 is 2.29 bits per heavy atom. The summed E-state index contributed by atoms with van der Waals surface area (Å²) in [5.74, 6) is -0.343. The van der Waals surface area contributed by atoms with E-state index in [0.29, 0.717) is 10.7 Å². The Morgan fingerprint density at radius 2 is 1.79 bits per heavy atom. The predicted octanol–water partition coefficient (Wildman–Crippen LogP) is 2.89. The summed E-state index contributed by atoms with van der Waals surface area (Å²) in [4.78, 5) is 14.7. The van der Waals surface area contributed by atoms with Crippen LogP contribution in [0.1, 0.15) is 39.3 Å². The van der Waals surface area contributed by atoms with E-state index < -0.39 is 5.60 Å². The topological polar surface area (TPSA) is 53.6 Å². The zero-order valence-corrected chi connectivity index (χ0v) is 15.9. The fourth-order valence-corrected chi connectivity index (χ4v) is 2.78. The number of allylic oxidation sites excluding steroid dienone is 1. The van der Waals surface area contributed by atoms with Gasteiger partial charge in [-0.3, -0.25) is 0 Å². The molecule has 0 aliphatic carbocycles. The van der Waals surface area contributed by atoms with Gasteiger partial charge in [0.05, 0.1) is 11.6 Å². The molecular weight excluding hydrogens is 322 g/mol. The molecule has 0 fully saturated rings. The molecule has 1 unspecified atom stereocenters. The van der Waals surface area contributed by atoms with Gasteiger partial charge < -0.3 is 20.3 Å². The van der Waals surface area contributed by atoms with Crippen molar-refractivity contribution in [2.45, 2.75) is 39.3 Å². The highest BCUT2D eigenvalue weighted by Gasteiger charge is 2.32. The van der Waals surface area contributed by atoms with Gasteiger partial charge in [0.1, 0.15) is 5.60 Å². The van der Waals surface area contributed by atoms with E-state index in [0.717, 1.165) is 16.9 Å². The number of thiocarbonyl (C=S) groups is 1. The molecule has 1 heterocycles. The lowest BCUT2D eigenvalue weighted by Crippen LogP contribution is -2.45. The highest BCUT2D eigenvalue weighted by atomic mass is 32.1. The van der Waals surface area contributed by atoms with Crippen LogP contribution in [0, 0.1) is 0 Å². The third-order valence-electron chi connectivity index (χ3n) is 3.63. The third-order valence-corrected chi connectivity index (χ3v) is 3.85. The number of nitrogens with one attached hydrogen (secondary N) is 2. The van der Waals surface area contributed by atoms with Crippen LogP contribution in [0.15, 0.2) is 35.5 Å². The van der Waals surface area contributed by atoms with E-state index in [1.807, 2.05) is 71.0 Å². The lowest BCUT2D eigenvalue weighted by molar-refractivity contribution is -0.150. The van der Waals surface area contributed by atoms with E-state index >= 15 is 0 Å². The quantitative estimate of drug-likeness (QED) is 0.648. The molecule has 6 heteroatoms. The number of benzene rings is 1. The van der Waals surface area contributed by atoms with Gasteiger partial charge in [-0.2, -0.15) is 0 Å². The molecule has 1 aromatic rings. The monoisotopic (exact) mass is 347 g/mol. The zero-order chi connectivity index (χ0) is 18.1. The highest BCUT2D eigenvalue weighted by molar-refractivity contribution is 7.80. The maximum absolute atomic E-state index is 12.7. The Bertz CT molecular complexity index is 672. The van der Waals surface area contributed by atoms with Crippen molar-refractivity contribution in [2.24, 2.45) is 0 Å². The van der Waals surface area contributed by atoms with E-state index in [1.54, 1.807) is 0 Å². The fraction of sp³-hybridized carbons (Fsp3) is 0.444. The van der Waals surface area contributed by atoms with Gasteiger partial charge in [0.2, 0.25) is 0 Å². The summed E-state index contributed by atoms with van der Waals surface area (Å²) in [7, 11) is 3.98. The smallest absolute Gasteiger partial charge is 0.338 e. The van der Waals surface area contributed by atoms with Gasteiger partial charge in [0, 0.05) is 25.5 Å². The molecule has 0 aromatic heterocycles. The molecule has 5 nitrogen and oxygen atoms in total. The average molecular weight is 347 g/mol. The maximum Gasteiger partial charge on any atom is 0.338 e. The second-order valence-corrected chi connectivity index (χ2v) is 7.47. The van der Waals surface area contributed by atoms with Gasteiger partial charge in [0.25, 0.3) is 0 Å². The summed E-state index contributed by atoms with van der Waals surface area (Å²) in [5, 5.41) is 6.69. The van der Waals surface area contributed by atoms with Crippen molar-refractivity contribution in [2.75, 3.05) is 19.0 Å². The third kappa shape index (κ3) is 4.26. The number of carbonyl (C=O) groups excluding carboxylic acids is 1. The second-order valence-electron chi connectivity index (χ2n) is 7.06. The Balaban J connectivity index is 2.39. The molecule has 24 heavy (non-hydrogen) atoms. The van der Waals surface area contributed by atoms with Crippen LogP contribution in [-0.2, 0) is 9.53 Å². The minimum absolute atomic E-state index is 0.329. The zero-order valence-electron chi connectivity index (χ0n) is 15.1. The summed E-state index contributed by atoms with van der Waals surface area (Å²) in [6, 6.07) is 7.70. The fourth-order valence-electron chi connectivity index (χ4n) is 2.51. The van der Waals surface area contributed by atoms with Crippen LogP contribution in [-0.4, -0.2) is 30.8 Å². The van der Waals surface area contributed by atoms with Gasteiger partial charge >= 0.3 is 5.97 Å². The van der Waals surface area contributed by atoms with Crippen LogP contribution in [0.3, 0.4) is 0 Å². The van der Waals surface area contributed by atoms with Crippen LogP contribution < -0.4 is 15.5 Å². The van der Waals surface area contributed by atoms with E-state index in [2.05, 4.69) is 10.6 Å². The summed E-state index contributed by atoms with van der Waals surface area (Å²) < 4.78 is 5.57. The van der Waals surface area contributed by atoms with Gasteiger partial charge in [-0.15, -0.1) is 0 Å². The van der Waals surface area contributed by atoms with Gasteiger partial charge in [-0.25, -0.2) is 4.79 Å². The van der Waals surface area contributed by atoms with Gasteiger partial charge in [-0.05, 0) is 57.6 Å². The number of anilines is 1. The molecule has 0 radical (unpaired) electrons. The van der Waals surface area contributed by atoms with Crippen LogP contribution in [0.25, 0.3) is 0 Å². The molecule has 0 spiro atoms. The Kier molecular flexibility index (Phi) is 5.18.